The van der Waals surface area contributed by atoms with E-state index in [1.807, 2.05) is 0 Å². The number of aromatic hydroxyl groups is 1. The van der Waals surface area contributed by atoms with Crippen LogP contribution >= 0.6 is 0 Å². The van der Waals surface area contributed by atoms with Gasteiger partial charge in [0.2, 0.25) is 0 Å². The molecule has 0 bridgehead atoms. The summed E-state index contributed by atoms with van der Waals surface area (Å²) in [7, 11) is 0. The van der Waals surface area contributed by atoms with Crippen LogP contribution in [0.15, 0.2) is 12.1 Å². The molecule has 0 aliphatic heterocycles. The molecule has 0 unspecified atom stereocenters. The van der Waals surface area contributed by atoms with E-state index >= 15 is 0 Å². The highest BCUT2D eigenvalue weighted by atomic mass is 19.3. The van der Waals surface area contributed by atoms with Crippen molar-refractivity contribution in [2.45, 2.75) is 13.3 Å². The third kappa shape index (κ3) is 2.10. The number of nitrogens with zero attached hydrogens (tertiary/aromatic N) is 1. The molecule has 1 aromatic rings. The highest BCUT2D eigenvalue weighted by Crippen LogP contribution is 2.30. The second kappa shape index (κ2) is 4.05. The molecule has 0 saturated carbocycles. The Morgan fingerprint density at radius 3 is 2.53 bits per heavy atom. The van der Waals surface area contributed by atoms with E-state index in [4.69, 9.17) is 5.26 Å². The van der Waals surface area contributed by atoms with Crippen molar-refractivity contribution in [1.29, 1.82) is 5.26 Å². The molecule has 1 aromatic carbocycles. The predicted molar refractivity (Wildman–Crippen MR) is 47.8 cm³/mol. The number of halogens is 2. The fourth-order valence-electron chi connectivity index (χ4n) is 1.16. The maximum atomic E-state index is 12.3. The minimum Gasteiger partial charge on any atom is -0.507 e. The zero-order valence-electron chi connectivity index (χ0n) is 7.79. The van der Waals surface area contributed by atoms with Crippen LogP contribution in [0.3, 0.4) is 0 Å². The van der Waals surface area contributed by atoms with Crippen LogP contribution in [0, 0.1) is 11.3 Å². The first-order valence-electron chi connectivity index (χ1n) is 4.03. The number of phenolic OH excluding ortho intramolecular Hbond substituents is 1. The number of rotatable bonds is 2. The molecule has 3 nitrogen and oxygen atoms in total. The maximum Gasteiger partial charge on any atom is 0.267 e. The molecular formula is C10H7F2NO2. The number of carbonyl (C=O) groups is 1. The number of benzene rings is 1. The summed E-state index contributed by atoms with van der Waals surface area (Å²) in [6, 6.07) is 3.36. The topological polar surface area (TPSA) is 61.1 Å². The molecule has 0 fully saturated rings. The number of hydrogen-bond donors (Lipinski definition) is 1. The lowest BCUT2D eigenvalue weighted by Gasteiger charge is -2.06. The molecule has 0 heterocycles. The molecule has 0 amide bonds. The lowest BCUT2D eigenvalue weighted by molar-refractivity contribution is 0.101. The molecule has 78 valence electrons. The van der Waals surface area contributed by atoms with Gasteiger partial charge in [0.25, 0.3) is 6.43 Å². The summed E-state index contributed by atoms with van der Waals surface area (Å²) < 4.78 is 24.6. The Morgan fingerprint density at radius 2 is 2.13 bits per heavy atom. The number of alkyl halides is 2. The quantitative estimate of drug-likeness (QED) is 0.764. The van der Waals surface area contributed by atoms with Crippen LogP contribution in [0.5, 0.6) is 5.75 Å². The van der Waals surface area contributed by atoms with Crippen LogP contribution in [0.4, 0.5) is 8.78 Å². The van der Waals surface area contributed by atoms with Crippen LogP contribution in [-0.2, 0) is 0 Å². The predicted octanol–water partition coefficient (Wildman–Crippen LogP) is 2.40. The maximum absolute atomic E-state index is 12.3. The molecule has 0 spiro atoms. The van der Waals surface area contributed by atoms with E-state index in [-0.39, 0.29) is 11.1 Å². The molecule has 0 aromatic heterocycles. The van der Waals surface area contributed by atoms with E-state index in [1.165, 1.54) is 6.92 Å². The Balaban J connectivity index is 3.44. The Labute approximate surface area is 84.6 Å². The Bertz CT molecular complexity index is 449. The lowest BCUT2D eigenvalue weighted by Crippen LogP contribution is -1.99. The van der Waals surface area contributed by atoms with E-state index in [0.29, 0.717) is 0 Å². The van der Waals surface area contributed by atoms with Gasteiger partial charge in [-0.2, -0.15) is 5.26 Å². The number of Topliss-reactive ketones (excluding diaryl/α,β-unsaturated/α-hetero) is 1. The fraction of sp³-hybridized carbons (Fsp3) is 0.200. The van der Waals surface area contributed by atoms with Gasteiger partial charge in [-0.25, -0.2) is 8.78 Å². The molecule has 5 heteroatoms. The lowest BCUT2D eigenvalue weighted by atomic mass is 10.0. The monoisotopic (exact) mass is 211 g/mol. The van der Waals surface area contributed by atoms with Crippen molar-refractivity contribution in [3.05, 3.63) is 28.8 Å². The molecule has 0 aliphatic rings. The average molecular weight is 211 g/mol. The van der Waals surface area contributed by atoms with Crippen molar-refractivity contribution in [2.75, 3.05) is 0 Å². The first-order valence-corrected chi connectivity index (χ1v) is 4.03. The minimum absolute atomic E-state index is 0.0561. The number of hydrogen-bond acceptors (Lipinski definition) is 3. The third-order valence-electron chi connectivity index (χ3n) is 1.90. The van der Waals surface area contributed by atoms with E-state index in [0.717, 1.165) is 12.1 Å². The van der Waals surface area contributed by atoms with Crippen molar-refractivity contribution in [1.82, 2.24) is 0 Å². The second-order valence-electron chi connectivity index (χ2n) is 2.93. The van der Waals surface area contributed by atoms with E-state index in [9.17, 15) is 18.7 Å². The number of ketones is 1. The van der Waals surface area contributed by atoms with Crippen LogP contribution in [-0.4, -0.2) is 10.9 Å². The molecule has 0 aliphatic carbocycles. The summed E-state index contributed by atoms with van der Waals surface area (Å²) in [6.07, 6.45) is -2.88. The fourth-order valence-corrected chi connectivity index (χ4v) is 1.16. The summed E-state index contributed by atoms with van der Waals surface area (Å²) >= 11 is 0. The second-order valence-corrected chi connectivity index (χ2v) is 2.93. The summed E-state index contributed by atoms with van der Waals surface area (Å²) in [4.78, 5) is 11.0. The first-order chi connectivity index (χ1) is 6.97. The van der Waals surface area contributed by atoms with Gasteiger partial charge in [-0.1, -0.05) is 0 Å². The highest BCUT2D eigenvalue weighted by molar-refractivity contribution is 5.97. The first kappa shape index (κ1) is 11.1. The van der Waals surface area contributed by atoms with Gasteiger partial charge < -0.3 is 5.11 Å². The standard InChI is InChI=1S/C10H7F2NO2/c1-5(14)7-3-9(15)8(10(11)12)2-6(7)4-13/h2-3,10,15H,1H3. The smallest absolute Gasteiger partial charge is 0.267 e. The largest absolute Gasteiger partial charge is 0.507 e. The van der Waals surface area contributed by atoms with Crippen molar-refractivity contribution < 1.29 is 18.7 Å². The van der Waals surface area contributed by atoms with Gasteiger partial charge in [0.1, 0.15) is 5.75 Å². The molecule has 0 saturated heterocycles. The SMILES string of the molecule is CC(=O)c1cc(O)c(C(F)F)cc1C#N. The summed E-state index contributed by atoms with van der Waals surface area (Å²) in [5.74, 6) is -1.13. The Kier molecular flexibility index (Phi) is 3.00. The number of nitriles is 1. The van der Waals surface area contributed by atoms with Gasteiger partial charge in [0.05, 0.1) is 17.2 Å². The zero-order valence-corrected chi connectivity index (χ0v) is 7.79. The minimum atomic E-state index is -2.88. The number of carbonyl (C=O) groups excluding carboxylic acids is 1. The molecule has 0 radical (unpaired) electrons. The highest BCUT2D eigenvalue weighted by Gasteiger charge is 2.18. The zero-order chi connectivity index (χ0) is 11.6. The number of phenols is 1. The van der Waals surface area contributed by atoms with Crippen molar-refractivity contribution in [2.24, 2.45) is 0 Å². The van der Waals surface area contributed by atoms with Crippen molar-refractivity contribution >= 4 is 5.78 Å². The molecule has 0 atom stereocenters. The van der Waals surface area contributed by atoms with Crippen LogP contribution < -0.4 is 0 Å². The van der Waals surface area contributed by atoms with Crippen LogP contribution in [0.1, 0.15) is 34.8 Å². The van der Waals surface area contributed by atoms with E-state index in [1.54, 1.807) is 6.07 Å². The normalized spacial score (nSPS) is 10.1. The van der Waals surface area contributed by atoms with E-state index in [2.05, 4.69) is 0 Å². The Hall–Kier alpha value is -1.96. The van der Waals surface area contributed by atoms with Gasteiger partial charge in [-0.05, 0) is 19.1 Å². The summed E-state index contributed by atoms with van der Waals surface area (Å²) in [6.45, 7) is 1.19. The Morgan fingerprint density at radius 1 is 1.53 bits per heavy atom. The summed E-state index contributed by atoms with van der Waals surface area (Å²) in [5.41, 5.74) is -0.855. The molecule has 1 rings (SSSR count). The van der Waals surface area contributed by atoms with Crippen LogP contribution in [0.25, 0.3) is 0 Å². The van der Waals surface area contributed by atoms with Gasteiger partial charge in [0, 0.05) is 5.56 Å². The molecule has 1 N–H and O–H groups in total. The average Bonchev–Trinajstić information content (AvgIpc) is 2.16. The van der Waals surface area contributed by atoms with Crippen molar-refractivity contribution in [3.63, 3.8) is 0 Å². The molecule has 15 heavy (non-hydrogen) atoms. The van der Waals surface area contributed by atoms with Gasteiger partial charge >= 0.3 is 0 Å². The van der Waals surface area contributed by atoms with Gasteiger partial charge in [-0.15, -0.1) is 0 Å². The van der Waals surface area contributed by atoms with Gasteiger partial charge in [-0.3, -0.25) is 4.79 Å². The summed E-state index contributed by atoms with van der Waals surface area (Å²) in [5, 5.41) is 17.8. The van der Waals surface area contributed by atoms with Crippen molar-refractivity contribution in [3.8, 4) is 11.8 Å². The van der Waals surface area contributed by atoms with Gasteiger partial charge in [0.15, 0.2) is 5.78 Å². The third-order valence-corrected chi connectivity index (χ3v) is 1.90. The van der Waals surface area contributed by atoms with E-state index < -0.39 is 23.5 Å². The molecular weight excluding hydrogens is 204 g/mol. The van der Waals surface area contributed by atoms with Crippen LogP contribution in [0.2, 0.25) is 0 Å².